The van der Waals surface area contributed by atoms with Crippen molar-refractivity contribution in [2.24, 2.45) is 0 Å². The first-order valence-corrected chi connectivity index (χ1v) is 10.4. The summed E-state index contributed by atoms with van der Waals surface area (Å²) in [4.78, 5) is 14.1. The normalized spacial score (nSPS) is 11.2. The molecule has 3 aromatic carbocycles. The summed E-state index contributed by atoms with van der Waals surface area (Å²) in [6, 6.07) is 32.3. The van der Waals surface area contributed by atoms with Crippen molar-refractivity contribution >= 4 is 28.1 Å². The third kappa shape index (κ3) is 3.20. The van der Waals surface area contributed by atoms with Crippen LogP contribution in [0.15, 0.2) is 107 Å². The van der Waals surface area contributed by atoms with Crippen LogP contribution in [0.2, 0.25) is 0 Å². The fourth-order valence-corrected chi connectivity index (χ4v) is 4.52. The summed E-state index contributed by atoms with van der Waals surface area (Å²) in [5.41, 5.74) is 3.92. The van der Waals surface area contributed by atoms with E-state index >= 15 is 0 Å². The van der Waals surface area contributed by atoms with Crippen molar-refractivity contribution in [3.63, 3.8) is 0 Å². The van der Waals surface area contributed by atoms with Gasteiger partial charge in [0.15, 0.2) is 5.76 Å². The van der Waals surface area contributed by atoms with Crippen LogP contribution in [0.5, 0.6) is 0 Å². The SMILES string of the molecule is O=C(c1cccs1)c1oc2ccccc2c1C(c1ccccc1)c1ccccc1. The lowest BCUT2D eigenvalue weighted by Crippen LogP contribution is -2.09. The summed E-state index contributed by atoms with van der Waals surface area (Å²) < 4.78 is 6.17. The molecule has 0 aliphatic rings. The van der Waals surface area contributed by atoms with E-state index in [0.29, 0.717) is 10.6 Å². The third-order valence-electron chi connectivity index (χ3n) is 5.14. The third-order valence-corrected chi connectivity index (χ3v) is 6.01. The standard InChI is InChI=1S/C26H18O2S/c27-25(22-16-9-17-29-22)26-24(20-14-7-8-15-21(20)28-26)23(18-10-3-1-4-11-18)19-12-5-2-6-13-19/h1-17,23H. The van der Waals surface area contributed by atoms with Crippen LogP contribution in [0.25, 0.3) is 11.0 Å². The summed E-state index contributed by atoms with van der Waals surface area (Å²) in [5, 5.41) is 2.90. The molecule has 0 amide bonds. The Hall–Kier alpha value is -3.43. The molecule has 0 aliphatic heterocycles. The van der Waals surface area contributed by atoms with Crippen molar-refractivity contribution < 1.29 is 9.21 Å². The molecule has 0 saturated carbocycles. The summed E-state index contributed by atoms with van der Waals surface area (Å²) >= 11 is 1.44. The number of rotatable bonds is 5. The molecule has 2 aromatic heterocycles. The Balaban J connectivity index is 1.81. The first-order chi connectivity index (χ1) is 14.3. The van der Waals surface area contributed by atoms with Crippen LogP contribution >= 0.6 is 11.3 Å². The summed E-state index contributed by atoms with van der Waals surface area (Å²) in [6.45, 7) is 0. The van der Waals surface area contributed by atoms with Crippen LogP contribution in [0.4, 0.5) is 0 Å². The van der Waals surface area contributed by atoms with Crippen molar-refractivity contribution in [1.82, 2.24) is 0 Å². The minimum absolute atomic E-state index is 0.0666. The van der Waals surface area contributed by atoms with Gasteiger partial charge in [-0.2, -0.15) is 0 Å². The molecule has 2 heterocycles. The minimum atomic E-state index is -0.0973. The fourth-order valence-electron chi connectivity index (χ4n) is 3.86. The van der Waals surface area contributed by atoms with Crippen LogP contribution < -0.4 is 0 Å². The van der Waals surface area contributed by atoms with E-state index in [4.69, 9.17) is 4.42 Å². The van der Waals surface area contributed by atoms with E-state index in [0.717, 1.165) is 27.7 Å². The summed E-state index contributed by atoms with van der Waals surface area (Å²) in [6.07, 6.45) is 0. The van der Waals surface area contributed by atoms with E-state index in [1.54, 1.807) is 0 Å². The van der Waals surface area contributed by atoms with Gasteiger partial charge in [0.2, 0.25) is 5.78 Å². The van der Waals surface area contributed by atoms with Crippen molar-refractivity contribution in [3.05, 3.63) is 130 Å². The average molecular weight is 394 g/mol. The zero-order valence-electron chi connectivity index (χ0n) is 15.6. The highest BCUT2D eigenvalue weighted by molar-refractivity contribution is 7.12. The van der Waals surface area contributed by atoms with E-state index in [1.165, 1.54) is 11.3 Å². The molecule has 2 nitrogen and oxygen atoms in total. The number of ketones is 1. The van der Waals surface area contributed by atoms with Crippen LogP contribution in [0.1, 0.15) is 38.0 Å². The second kappa shape index (κ2) is 7.53. The quantitative estimate of drug-likeness (QED) is 0.303. The highest BCUT2D eigenvalue weighted by atomic mass is 32.1. The van der Waals surface area contributed by atoms with Gasteiger partial charge in [-0.1, -0.05) is 84.9 Å². The van der Waals surface area contributed by atoms with Crippen LogP contribution in [0, 0.1) is 0 Å². The van der Waals surface area contributed by atoms with E-state index < -0.39 is 0 Å². The van der Waals surface area contributed by atoms with E-state index in [2.05, 4.69) is 24.3 Å². The van der Waals surface area contributed by atoms with Crippen molar-refractivity contribution in [3.8, 4) is 0 Å². The Labute approximate surface area is 173 Å². The second-order valence-electron chi connectivity index (χ2n) is 6.90. The van der Waals surface area contributed by atoms with Gasteiger partial charge in [-0.3, -0.25) is 4.79 Å². The lowest BCUT2D eigenvalue weighted by Gasteiger charge is -2.19. The van der Waals surface area contributed by atoms with Gasteiger partial charge >= 0.3 is 0 Å². The predicted octanol–water partition coefficient (Wildman–Crippen LogP) is 6.91. The number of benzene rings is 3. The monoisotopic (exact) mass is 394 g/mol. The first kappa shape index (κ1) is 17.7. The number of para-hydroxylation sites is 1. The van der Waals surface area contributed by atoms with Crippen LogP contribution in [0.3, 0.4) is 0 Å². The Bertz CT molecular complexity index is 1210. The fraction of sp³-hybridized carbons (Fsp3) is 0.0385. The molecule has 3 heteroatoms. The molecule has 5 aromatic rings. The molecule has 0 saturated heterocycles. The Morgan fingerprint density at radius 3 is 1.97 bits per heavy atom. The highest BCUT2D eigenvalue weighted by Crippen LogP contribution is 2.40. The molecule has 0 aliphatic carbocycles. The molecule has 0 fully saturated rings. The highest BCUT2D eigenvalue weighted by Gasteiger charge is 2.29. The number of hydrogen-bond donors (Lipinski definition) is 0. The largest absolute Gasteiger partial charge is 0.452 e. The van der Waals surface area contributed by atoms with Crippen molar-refractivity contribution in [2.75, 3.05) is 0 Å². The summed E-state index contributed by atoms with van der Waals surface area (Å²) in [5.74, 6) is 0.259. The number of hydrogen-bond acceptors (Lipinski definition) is 3. The van der Waals surface area contributed by atoms with Gasteiger partial charge in [-0.15, -0.1) is 11.3 Å². The molecule has 5 rings (SSSR count). The second-order valence-corrected chi connectivity index (χ2v) is 7.85. The van der Waals surface area contributed by atoms with E-state index in [-0.39, 0.29) is 11.7 Å². The molecule has 29 heavy (non-hydrogen) atoms. The van der Waals surface area contributed by atoms with Crippen molar-refractivity contribution in [2.45, 2.75) is 5.92 Å². The minimum Gasteiger partial charge on any atom is -0.452 e. The van der Waals surface area contributed by atoms with Gasteiger partial charge in [0.25, 0.3) is 0 Å². The molecule has 0 radical (unpaired) electrons. The van der Waals surface area contributed by atoms with Gasteiger partial charge < -0.3 is 4.42 Å². The van der Waals surface area contributed by atoms with Crippen LogP contribution in [-0.2, 0) is 0 Å². The number of thiophene rings is 1. The average Bonchev–Trinajstić information content (AvgIpc) is 3.44. The van der Waals surface area contributed by atoms with Crippen molar-refractivity contribution in [1.29, 1.82) is 0 Å². The van der Waals surface area contributed by atoms with Gasteiger partial charge in [-0.25, -0.2) is 0 Å². The Morgan fingerprint density at radius 2 is 1.34 bits per heavy atom. The van der Waals surface area contributed by atoms with Crippen LogP contribution in [-0.4, -0.2) is 5.78 Å². The maximum absolute atomic E-state index is 13.4. The topological polar surface area (TPSA) is 30.2 Å². The Morgan fingerprint density at radius 1 is 0.724 bits per heavy atom. The molecule has 0 atom stereocenters. The smallest absolute Gasteiger partial charge is 0.238 e. The van der Waals surface area contributed by atoms with Gasteiger partial charge in [0, 0.05) is 16.9 Å². The molecule has 0 unspecified atom stereocenters. The number of fused-ring (bicyclic) bond motifs is 1. The number of furan rings is 1. The van der Waals surface area contributed by atoms with E-state index in [9.17, 15) is 4.79 Å². The summed E-state index contributed by atoms with van der Waals surface area (Å²) in [7, 11) is 0. The maximum Gasteiger partial charge on any atom is 0.238 e. The molecule has 0 bridgehead atoms. The first-order valence-electron chi connectivity index (χ1n) is 9.52. The lowest BCUT2D eigenvalue weighted by molar-refractivity contribution is 0.101. The molecular formula is C26H18O2S. The zero-order chi connectivity index (χ0) is 19.6. The molecule has 0 spiro atoms. The Kier molecular flexibility index (Phi) is 4.59. The number of carbonyl (C=O) groups is 1. The van der Waals surface area contributed by atoms with Gasteiger partial charge in [-0.05, 0) is 28.6 Å². The van der Waals surface area contributed by atoms with Gasteiger partial charge in [0.05, 0.1) is 4.88 Å². The lowest BCUT2D eigenvalue weighted by atomic mass is 9.83. The molecule has 140 valence electrons. The van der Waals surface area contributed by atoms with Gasteiger partial charge in [0.1, 0.15) is 5.58 Å². The molecular weight excluding hydrogens is 376 g/mol. The van der Waals surface area contributed by atoms with E-state index in [1.807, 2.05) is 78.2 Å². The molecule has 0 N–H and O–H groups in total. The number of carbonyl (C=O) groups excluding carboxylic acids is 1. The predicted molar refractivity (Wildman–Crippen MR) is 118 cm³/mol. The zero-order valence-corrected chi connectivity index (χ0v) is 16.4. The maximum atomic E-state index is 13.4.